The SMILES string of the molecule is CC#CCOc1ccc(S(=O)(=O)N2CCC(C(=O)O)CC2)cc1. The van der Waals surface area contributed by atoms with Crippen LogP contribution < -0.4 is 4.74 Å². The van der Waals surface area contributed by atoms with Crippen LogP contribution in [-0.2, 0) is 14.8 Å². The van der Waals surface area contributed by atoms with Crippen LogP contribution in [0.3, 0.4) is 0 Å². The Morgan fingerprint density at radius 3 is 2.43 bits per heavy atom. The fourth-order valence-electron chi connectivity index (χ4n) is 2.39. The molecular weight excluding hydrogens is 318 g/mol. The van der Waals surface area contributed by atoms with Crippen molar-refractivity contribution in [1.82, 2.24) is 4.31 Å². The van der Waals surface area contributed by atoms with Gasteiger partial charge >= 0.3 is 5.97 Å². The van der Waals surface area contributed by atoms with E-state index in [1.807, 2.05) is 0 Å². The van der Waals surface area contributed by atoms with E-state index in [0.717, 1.165) is 0 Å². The Morgan fingerprint density at radius 2 is 1.91 bits per heavy atom. The Bertz CT molecular complexity index is 707. The smallest absolute Gasteiger partial charge is 0.306 e. The second-order valence-corrected chi connectivity index (χ2v) is 7.14. The Hall–Kier alpha value is -2.04. The number of hydrogen-bond acceptors (Lipinski definition) is 4. The van der Waals surface area contributed by atoms with E-state index in [-0.39, 0.29) is 24.6 Å². The monoisotopic (exact) mass is 337 g/mol. The van der Waals surface area contributed by atoms with Crippen LogP contribution in [0.25, 0.3) is 0 Å². The third-order valence-corrected chi connectivity index (χ3v) is 5.67. The summed E-state index contributed by atoms with van der Waals surface area (Å²) in [6, 6.07) is 6.17. The Kier molecular flexibility index (Phi) is 5.64. The minimum Gasteiger partial charge on any atom is -0.481 e. The second kappa shape index (κ2) is 7.49. The van der Waals surface area contributed by atoms with Gasteiger partial charge in [-0.05, 0) is 44.0 Å². The van der Waals surface area contributed by atoms with Gasteiger partial charge < -0.3 is 9.84 Å². The van der Waals surface area contributed by atoms with Gasteiger partial charge in [-0.25, -0.2) is 8.42 Å². The van der Waals surface area contributed by atoms with Crippen molar-refractivity contribution in [3.63, 3.8) is 0 Å². The van der Waals surface area contributed by atoms with Gasteiger partial charge in [-0.15, -0.1) is 5.92 Å². The molecule has 0 aliphatic carbocycles. The van der Waals surface area contributed by atoms with Crippen LogP contribution in [0.2, 0.25) is 0 Å². The number of carbonyl (C=O) groups is 1. The van der Waals surface area contributed by atoms with Crippen LogP contribution in [0, 0.1) is 17.8 Å². The first-order chi connectivity index (χ1) is 10.9. The predicted octanol–water partition coefficient (Wildman–Crippen LogP) is 1.57. The Morgan fingerprint density at radius 1 is 1.30 bits per heavy atom. The van der Waals surface area contributed by atoms with Crippen molar-refractivity contribution in [2.45, 2.75) is 24.7 Å². The zero-order chi connectivity index (χ0) is 16.9. The first kappa shape index (κ1) is 17.3. The van der Waals surface area contributed by atoms with Gasteiger partial charge in [-0.2, -0.15) is 4.31 Å². The van der Waals surface area contributed by atoms with E-state index in [2.05, 4.69) is 11.8 Å². The molecule has 0 radical (unpaired) electrons. The number of carboxylic acids is 1. The largest absolute Gasteiger partial charge is 0.481 e. The van der Waals surface area contributed by atoms with Gasteiger partial charge in [-0.3, -0.25) is 4.79 Å². The molecule has 124 valence electrons. The number of ether oxygens (including phenoxy) is 1. The van der Waals surface area contributed by atoms with Crippen molar-refractivity contribution in [3.8, 4) is 17.6 Å². The zero-order valence-corrected chi connectivity index (χ0v) is 13.7. The fourth-order valence-corrected chi connectivity index (χ4v) is 3.86. The summed E-state index contributed by atoms with van der Waals surface area (Å²) in [5, 5.41) is 8.97. The van der Waals surface area contributed by atoms with Crippen molar-refractivity contribution in [3.05, 3.63) is 24.3 Å². The molecule has 1 N–H and O–H groups in total. The molecule has 1 heterocycles. The molecule has 0 aromatic heterocycles. The highest BCUT2D eigenvalue weighted by molar-refractivity contribution is 7.89. The van der Waals surface area contributed by atoms with Crippen LogP contribution in [0.5, 0.6) is 5.75 Å². The normalized spacial score (nSPS) is 16.4. The van der Waals surface area contributed by atoms with Gasteiger partial charge in [-0.1, -0.05) is 5.92 Å². The molecule has 0 spiro atoms. The summed E-state index contributed by atoms with van der Waals surface area (Å²) >= 11 is 0. The minimum atomic E-state index is -3.60. The second-order valence-electron chi connectivity index (χ2n) is 5.20. The third-order valence-electron chi connectivity index (χ3n) is 3.75. The van der Waals surface area contributed by atoms with Gasteiger partial charge in [0.05, 0.1) is 10.8 Å². The molecule has 1 aliphatic heterocycles. The highest BCUT2D eigenvalue weighted by Crippen LogP contribution is 2.25. The summed E-state index contributed by atoms with van der Waals surface area (Å²) in [6.45, 7) is 2.42. The number of piperidine rings is 1. The van der Waals surface area contributed by atoms with E-state index < -0.39 is 21.9 Å². The molecule has 0 atom stereocenters. The molecule has 7 heteroatoms. The Labute approximate surface area is 136 Å². The van der Waals surface area contributed by atoms with Gasteiger partial charge in [0, 0.05) is 13.1 Å². The van der Waals surface area contributed by atoms with Crippen molar-refractivity contribution in [2.75, 3.05) is 19.7 Å². The summed E-state index contributed by atoms with van der Waals surface area (Å²) in [7, 11) is -3.60. The average molecular weight is 337 g/mol. The number of benzene rings is 1. The molecule has 0 bridgehead atoms. The number of rotatable bonds is 5. The molecular formula is C16H19NO5S. The summed E-state index contributed by atoms with van der Waals surface area (Å²) in [5.41, 5.74) is 0. The molecule has 1 fully saturated rings. The number of carboxylic acid groups (broad SMARTS) is 1. The third kappa shape index (κ3) is 4.24. The minimum absolute atomic E-state index is 0.181. The van der Waals surface area contributed by atoms with Gasteiger partial charge in [0.1, 0.15) is 12.4 Å². The summed E-state index contributed by atoms with van der Waals surface area (Å²) in [5.74, 6) is 4.70. The van der Waals surface area contributed by atoms with Crippen molar-refractivity contribution >= 4 is 16.0 Å². The molecule has 1 saturated heterocycles. The van der Waals surface area contributed by atoms with Crippen LogP contribution in [0.1, 0.15) is 19.8 Å². The van der Waals surface area contributed by atoms with E-state index in [4.69, 9.17) is 9.84 Å². The molecule has 2 rings (SSSR count). The van der Waals surface area contributed by atoms with Gasteiger partial charge in [0.15, 0.2) is 0 Å². The summed E-state index contributed by atoms with van der Waals surface area (Å²) in [6.07, 6.45) is 0.677. The van der Waals surface area contributed by atoms with E-state index >= 15 is 0 Å². The molecule has 0 saturated carbocycles. The van der Waals surface area contributed by atoms with Crippen LogP contribution >= 0.6 is 0 Å². The number of sulfonamides is 1. The highest BCUT2D eigenvalue weighted by Gasteiger charge is 2.31. The number of hydrogen-bond donors (Lipinski definition) is 1. The average Bonchev–Trinajstić information content (AvgIpc) is 2.55. The summed E-state index contributed by atoms with van der Waals surface area (Å²) in [4.78, 5) is 11.1. The van der Waals surface area contributed by atoms with Gasteiger partial charge in [0.2, 0.25) is 10.0 Å². The van der Waals surface area contributed by atoms with E-state index in [1.165, 1.54) is 16.4 Å². The first-order valence-electron chi connectivity index (χ1n) is 7.30. The lowest BCUT2D eigenvalue weighted by Gasteiger charge is -2.29. The maximum absolute atomic E-state index is 12.6. The van der Waals surface area contributed by atoms with Crippen LogP contribution in [-0.4, -0.2) is 43.5 Å². The molecule has 1 aromatic carbocycles. The first-order valence-corrected chi connectivity index (χ1v) is 8.74. The zero-order valence-electron chi connectivity index (χ0n) is 12.9. The van der Waals surface area contributed by atoms with Crippen LogP contribution in [0.4, 0.5) is 0 Å². The molecule has 23 heavy (non-hydrogen) atoms. The lowest BCUT2D eigenvalue weighted by Crippen LogP contribution is -2.40. The molecule has 6 nitrogen and oxygen atoms in total. The maximum atomic E-state index is 12.6. The summed E-state index contributed by atoms with van der Waals surface area (Å²) < 4.78 is 31.8. The topological polar surface area (TPSA) is 83.9 Å². The van der Waals surface area contributed by atoms with Gasteiger partial charge in [0.25, 0.3) is 0 Å². The molecule has 0 amide bonds. The highest BCUT2D eigenvalue weighted by atomic mass is 32.2. The van der Waals surface area contributed by atoms with Crippen LogP contribution in [0.15, 0.2) is 29.2 Å². The lowest BCUT2D eigenvalue weighted by molar-refractivity contribution is -0.142. The molecule has 0 unspecified atom stereocenters. The maximum Gasteiger partial charge on any atom is 0.306 e. The van der Waals surface area contributed by atoms with E-state index in [1.54, 1.807) is 19.1 Å². The van der Waals surface area contributed by atoms with E-state index in [0.29, 0.717) is 18.6 Å². The standard InChI is InChI=1S/C16H19NO5S/c1-2-3-12-22-14-4-6-15(7-5-14)23(20,21)17-10-8-13(9-11-17)16(18)19/h4-7,13H,8-12H2,1H3,(H,18,19). The Balaban J connectivity index is 2.04. The number of nitrogens with zero attached hydrogens (tertiary/aromatic N) is 1. The quantitative estimate of drug-likeness (QED) is 0.825. The van der Waals surface area contributed by atoms with Crippen molar-refractivity contribution < 1.29 is 23.1 Å². The van der Waals surface area contributed by atoms with E-state index in [9.17, 15) is 13.2 Å². The number of aliphatic carboxylic acids is 1. The molecule has 1 aliphatic rings. The fraction of sp³-hybridized carbons (Fsp3) is 0.438. The lowest BCUT2D eigenvalue weighted by atomic mass is 9.99. The van der Waals surface area contributed by atoms with Crippen molar-refractivity contribution in [1.29, 1.82) is 0 Å². The predicted molar refractivity (Wildman–Crippen MR) is 84.5 cm³/mol. The molecule has 1 aromatic rings. The van der Waals surface area contributed by atoms with Crippen molar-refractivity contribution in [2.24, 2.45) is 5.92 Å².